The largest absolute Gasteiger partial charge is 0.352 e. The van der Waals surface area contributed by atoms with Crippen LogP contribution in [0.2, 0.25) is 0 Å². The number of hydrogen-bond acceptors (Lipinski definition) is 4. The van der Waals surface area contributed by atoms with Crippen LogP contribution in [0.5, 0.6) is 0 Å². The van der Waals surface area contributed by atoms with Crippen molar-refractivity contribution in [3.8, 4) is 0 Å². The molecule has 0 atom stereocenters. The lowest BCUT2D eigenvalue weighted by molar-refractivity contribution is -0.132. The molecule has 0 bridgehead atoms. The predicted molar refractivity (Wildman–Crippen MR) is 118 cm³/mol. The van der Waals surface area contributed by atoms with E-state index in [2.05, 4.69) is 21.3 Å². The van der Waals surface area contributed by atoms with Gasteiger partial charge in [0.2, 0.25) is 5.91 Å². The van der Waals surface area contributed by atoms with Gasteiger partial charge in [0.1, 0.15) is 5.82 Å². The second-order valence-electron chi connectivity index (χ2n) is 8.01. The van der Waals surface area contributed by atoms with E-state index in [1.807, 2.05) is 30.3 Å². The first-order valence-corrected chi connectivity index (χ1v) is 10.9. The summed E-state index contributed by atoms with van der Waals surface area (Å²) in [4.78, 5) is 33.2. The average Bonchev–Trinajstić information content (AvgIpc) is 2.81. The summed E-state index contributed by atoms with van der Waals surface area (Å²) in [5.41, 5.74) is 1.53. The molecule has 1 aromatic heterocycles. The minimum Gasteiger partial charge on any atom is -0.352 e. The van der Waals surface area contributed by atoms with E-state index in [9.17, 15) is 14.0 Å². The molecule has 1 fully saturated rings. The highest BCUT2D eigenvalue weighted by atomic mass is 19.1. The van der Waals surface area contributed by atoms with Crippen molar-refractivity contribution in [2.24, 2.45) is 0 Å². The molecule has 3 rings (SSSR count). The van der Waals surface area contributed by atoms with Gasteiger partial charge in [0, 0.05) is 69.6 Å². The Labute approximate surface area is 183 Å². The fraction of sp³-hybridized carbons (Fsp3) is 0.458. The Hall–Kier alpha value is -2.80. The number of nitrogens with zero attached hydrogens (tertiary/aromatic N) is 3. The zero-order valence-corrected chi connectivity index (χ0v) is 18.1. The third-order valence-electron chi connectivity index (χ3n) is 5.87. The van der Waals surface area contributed by atoms with Crippen LogP contribution >= 0.6 is 0 Å². The number of halogens is 1. The number of carbonyl (C=O) groups excluding carboxylic acids is 2. The lowest BCUT2D eigenvalue weighted by Crippen LogP contribution is -2.46. The smallest absolute Gasteiger partial charge is 0.251 e. The summed E-state index contributed by atoms with van der Waals surface area (Å²) >= 11 is 0. The number of benzene rings is 1. The van der Waals surface area contributed by atoms with Gasteiger partial charge < -0.3 is 15.1 Å². The van der Waals surface area contributed by atoms with E-state index in [0.717, 1.165) is 44.6 Å². The van der Waals surface area contributed by atoms with E-state index in [4.69, 9.17) is 0 Å². The highest BCUT2D eigenvalue weighted by Crippen LogP contribution is 2.17. The summed E-state index contributed by atoms with van der Waals surface area (Å²) < 4.78 is 12.9. The molecule has 0 saturated carbocycles. The molecule has 0 spiro atoms. The standard InChI is InChI=1S/C24H31FN4O2/c1-28(22-12-17-29(18-13-22)16-11-21-5-2-3-14-26-21)23(30)6-4-15-27-24(31)19-7-9-20(25)10-8-19/h2-3,5,7-10,14,22H,4,6,11-13,15-18H2,1H3,(H,27,31). The zero-order chi connectivity index (χ0) is 22.1. The molecule has 0 aliphatic carbocycles. The van der Waals surface area contributed by atoms with Crippen molar-refractivity contribution >= 4 is 11.8 Å². The molecule has 2 amide bonds. The van der Waals surface area contributed by atoms with Crippen molar-refractivity contribution in [2.75, 3.05) is 33.2 Å². The zero-order valence-electron chi connectivity index (χ0n) is 18.1. The third kappa shape index (κ3) is 7.14. The Kier molecular flexibility index (Phi) is 8.53. The molecule has 6 nitrogen and oxygen atoms in total. The maximum Gasteiger partial charge on any atom is 0.251 e. The van der Waals surface area contributed by atoms with Crippen molar-refractivity contribution in [1.29, 1.82) is 0 Å². The van der Waals surface area contributed by atoms with E-state index in [0.29, 0.717) is 24.9 Å². The molecule has 1 saturated heterocycles. The number of carbonyl (C=O) groups is 2. The molecule has 0 radical (unpaired) electrons. The Balaban J connectivity index is 1.31. The van der Waals surface area contributed by atoms with Crippen LogP contribution in [0.3, 0.4) is 0 Å². The highest BCUT2D eigenvalue weighted by molar-refractivity contribution is 5.94. The molecular formula is C24H31FN4O2. The quantitative estimate of drug-likeness (QED) is 0.626. The molecule has 166 valence electrons. The monoisotopic (exact) mass is 426 g/mol. The van der Waals surface area contributed by atoms with Crippen molar-refractivity contribution in [1.82, 2.24) is 20.1 Å². The fourth-order valence-electron chi connectivity index (χ4n) is 3.87. The van der Waals surface area contributed by atoms with Crippen LogP contribution < -0.4 is 5.32 Å². The molecule has 1 aliphatic rings. The Morgan fingerprint density at radius 2 is 1.90 bits per heavy atom. The average molecular weight is 427 g/mol. The van der Waals surface area contributed by atoms with E-state index >= 15 is 0 Å². The lowest BCUT2D eigenvalue weighted by atomic mass is 10.0. The van der Waals surface area contributed by atoms with Crippen LogP contribution in [0.25, 0.3) is 0 Å². The molecule has 31 heavy (non-hydrogen) atoms. The second kappa shape index (κ2) is 11.6. The summed E-state index contributed by atoms with van der Waals surface area (Å²) in [6.07, 6.45) is 5.72. The Morgan fingerprint density at radius 3 is 2.58 bits per heavy atom. The maximum absolute atomic E-state index is 12.9. The van der Waals surface area contributed by atoms with Gasteiger partial charge >= 0.3 is 0 Å². The molecule has 1 aromatic carbocycles. The minimum atomic E-state index is -0.371. The van der Waals surface area contributed by atoms with Gasteiger partial charge in [-0.1, -0.05) is 6.07 Å². The van der Waals surface area contributed by atoms with Gasteiger partial charge in [0.25, 0.3) is 5.91 Å². The number of piperidine rings is 1. The van der Waals surface area contributed by atoms with E-state index in [1.165, 1.54) is 24.3 Å². The number of pyridine rings is 1. The van der Waals surface area contributed by atoms with Crippen molar-refractivity contribution < 1.29 is 14.0 Å². The summed E-state index contributed by atoms with van der Waals surface area (Å²) in [5.74, 6) is -0.508. The molecule has 7 heteroatoms. The summed E-state index contributed by atoms with van der Waals surface area (Å²) in [7, 11) is 1.88. The summed E-state index contributed by atoms with van der Waals surface area (Å²) in [5, 5.41) is 2.78. The van der Waals surface area contributed by atoms with Crippen LogP contribution in [-0.4, -0.2) is 65.9 Å². The molecule has 1 N–H and O–H groups in total. The van der Waals surface area contributed by atoms with Gasteiger partial charge in [0.15, 0.2) is 0 Å². The van der Waals surface area contributed by atoms with Crippen LogP contribution in [0.15, 0.2) is 48.7 Å². The number of rotatable bonds is 9. The number of hydrogen-bond donors (Lipinski definition) is 1. The molecule has 1 aliphatic heterocycles. The second-order valence-corrected chi connectivity index (χ2v) is 8.01. The van der Waals surface area contributed by atoms with Crippen LogP contribution in [0.4, 0.5) is 4.39 Å². The maximum atomic E-state index is 12.9. The normalized spacial score (nSPS) is 14.9. The van der Waals surface area contributed by atoms with Gasteiger partial charge in [-0.2, -0.15) is 0 Å². The Morgan fingerprint density at radius 1 is 1.16 bits per heavy atom. The highest BCUT2D eigenvalue weighted by Gasteiger charge is 2.25. The Bertz CT molecular complexity index is 836. The van der Waals surface area contributed by atoms with E-state index < -0.39 is 0 Å². The van der Waals surface area contributed by atoms with Crippen molar-refractivity contribution in [3.05, 3.63) is 65.7 Å². The minimum absolute atomic E-state index is 0.114. The van der Waals surface area contributed by atoms with Gasteiger partial charge in [-0.3, -0.25) is 14.6 Å². The first-order valence-electron chi connectivity index (χ1n) is 10.9. The third-order valence-corrected chi connectivity index (χ3v) is 5.87. The number of likely N-dealkylation sites (tertiary alicyclic amines) is 1. The van der Waals surface area contributed by atoms with Crippen molar-refractivity contribution in [3.63, 3.8) is 0 Å². The summed E-state index contributed by atoms with van der Waals surface area (Å²) in [6.45, 7) is 3.39. The van der Waals surface area contributed by atoms with Gasteiger partial charge in [-0.05, 0) is 55.7 Å². The summed E-state index contributed by atoms with van der Waals surface area (Å²) in [6, 6.07) is 11.7. The first kappa shape index (κ1) is 22.9. The number of amides is 2. The van der Waals surface area contributed by atoms with Crippen molar-refractivity contribution in [2.45, 2.75) is 38.1 Å². The SMILES string of the molecule is CN(C(=O)CCCNC(=O)c1ccc(F)cc1)C1CCN(CCc2ccccn2)CC1. The predicted octanol–water partition coefficient (Wildman–Crippen LogP) is 2.90. The van der Waals surface area contributed by atoms with Gasteiger partial charge in [-0.15, -0.1) is 0 Å². The first-order chi connectivity index (χ1) is 15.0. The molecule has 2 aromatic rings. The molecule has 2 heterocycles. The lowest BCUT2D eigenvalue weighted by Gasteiger charge is -2.36. The van der Waals surface area contributed by atoms with Crippen LogP contribution in [-0.2, 0) is 11.2 Å². The number of aromatic nitrogens is 1. The van der Waals surface area contributed by atoms with Crippen LogP contribution in [0.1, 0.15) is 41.7 Å². The van der Waals surface area contributed by atoms with E-state index in [1.54, 1.807) is 0 Å². The molecular weight excluding hydrogens is 395 g/mol. The van der Waals surface area contributed by atoms with E-state index in [-0.39, 0.29) is 23.7 Å². The fourth-order valence-corrected chi connectivity index (χ4v) is 3.87. The topological polar surface area (TPSA) is 65.5 Å². The van der Waals surface area contributed by atoms with Gasteiger partial charge in [0.05, 0.1) is 0 Å². The molecule has 0 unspecified atom stereocenters. The van der Waals surface area contributed by atoms with Crippen LogP contribution in [0, 0.1) is 5.82 Å². The van der Waals surface area contributed by atoms with Gasteiger partial charge in [-0.25, -0.2) is 4.39 Å². The number of nitrogens with one attached hydrogen (secondary N) is 1.